The molecule has 2 rings (SSSR count). The molecule has 5 heteroatoms. The van der Waals surface area contributed by atoms with E-state index in [1.807, 2.05) is 39.1 Å². The first-order valence-corrected chi connectivity index (χ1v) is 8.60. The van der Waals surface area contributed by atoms with Gasteiger partial charge in [-0.15, -0.1) is 11.3 Å². The molecule has 2 atom stereocenters. The second-order valence-corrected chi connectivity index (χ2v) is 7.02. The summed E-state index contributed by atoms with van der Waals surface area (Å²) in [5.41, 5.74) is 2.12. The highest BCUT2D eigenvalue weighted by Gasteiger charge is 2.16. The molecule has 2 unspecified atom stereocenters. The summed E-state index contributed by atoms with van der Waals surface area (Å²) in [6, 6.07) is 4.20. The van der Waals surface area contributed by atoms with Crippen LogP contribution in [0, 0.1) is 12.8 Å². The average Bonchev–Trinajstić information content (AvgIpc) is 2.90. The van der Waals surface area contributed by atoms with Crippen LogP contribution < -0.4 is 5.32 Å². The third kappa shape index (κ3) is 4.35. The quantitative estimate of drug-likeness (QED) is 0.819. The molecule has 0 saturated carbocycles. The first-order chi connectivity index (χ1) is 10.5. The Morgan fingerprint density at radius 1 is 1.32 bits per heavy atom. The molecule has 0 amide bonds. The number of aliphatic hydroxyl groups excluding tert-OH is 1. The van der Waals surface area contributed by atoms with Gasteiger partial charge in [0, 0.05) is 28.9 Å². The third-order valence-electron chi connectivity index (χ3n) is 3.79. The van der Waals surface area contributed by atoms with E-state index in [0.717, 1.165) is 29.2 Å². The standard InChI is InChI=1S/C17H25N3OS/c1-11(2)15(21)7-9-19-12(3)16-13(4)20-17(22-16)14-6-5-8-18-10-14/h5-6,8,10-12,15,19,21H,7,9H2,1-4H3. The van der Waals surface area contributed by atoms with Crippen molar-refractivity contribution in [3.8, 4) is 10.6 Å². The van der Waals surface area contributed by atoms with Gasteiger partial charge in [-0.3, -0.25) is 4.98 Å². The van der Waals surface area contributed by atoms with Crippen LogP contribution >= 0.6 is 11.3 Å². The molecule has 0 aromatic carbocycles. The number of pyridine rings is 1. The normalized spacial score (nSPS) is 14.3. The lowest BCUT2D eigenvalue weighted by molar-refractivity contribution is 0.115. The summed E-state index contributed by atoms with van der Waals surface area (Å²) in [5, 5.41) is 14.4. The van der Waals surface area contributed by atoms with Crippen molar-refractivity contribution in [3.05, 3.63) is 35.1 Å². The van der Waals surface area contributed by atoms with Crippen molar-refractivity contribution in [1.82, 2.24) is 15.3 Å². The Labute approximate surface area is 136 Å². The Kier molecular flexibility index (Phi) is 6.06. The fourth-order valence-electron chi connectivity index (χ4n) is 2.30. The van der Waals surface area contributed by atoms with Crippen LogP contribution in [-0.4, -0.2) is 27.7 Å². The molecule has 0 saturated heterocycles. The van der Waals surface area contributed by atoms with Gasteiger partial charge in [-0.2, -0.15) is 0 Å². The number of aliphatic hydroxyl groups is 1. The van der Waals surface area contributed by atoms with Crippen LogP contribution in [0.5, 0.6) is 0 Å². The van der Waals surface area contributed by atoms with E-state index < -0.39 is 0 Å². The van der Waals surface area contributed by atoms with Gasteiger partial charge >= 0.3 is 0 Å². The van der Waals surface area contributed by atoms with Crippen molar-refractivity contribution in [2.45, 2.75) is 46.3 Å². The van der Waals surface area contributed by atoms with Gasteiger partial charge in [0.25, 0.3) is 0 Å². The van der Waals surface area contributed by atoms with Crippen molar-refractivity contribution in [2.24, 2.45) is 5.92 Å². The van der Waals surface area contributed by atoms with Gasteiger partial charge in [-0.25, -0.2) is 4.98 Å². The molecule has 2 N–H and O–H groups in total. The van der Waals surface area contributed by atoms with Crippen molar-refractivity contribution in [3.63, 3.8) is 0 Å². The van der Waals surface area contributed by atoms with Gasteiger partial charge in [0.15, 0.2) is 0 Å². The lowest BCUT2D eigenvalue weighted by Crippen LogP contribution is -2.25. The number of aryl methyl sites for hydroxylation is 1. The second kappa shape index (κ2) is 7.81. The lowest BCUT2D eigenvalue weighted by Gasteiger charge is -2.17. The topological polar surface area (TPSA) is 58.0 Å². The Hall–Kier alpha value is -1.30. The minimum atomic E-state index is -0.242. The molecule has 0 fully saturated rings. The molecule has 2 heterocycles. The van der Waals surface area contributed by atoms with E-state index in [1.165, 1.54) is 4.88 Å². The number of nitrogens with one attached hydrogen (secondary N) is 1. The predicted molar refractivity (Wildman–Crippen MR) is 92.0 cm³/mol. The summed E-state index contributed by atoms with van der Waals surface area (Å²) in [7, 11) is 0. The average molecular weight is 319 g/mol. The van der Waals surface area contributed by atoms with Crippen molar-refractivity contribution in [1.29, 1.82) is 0 Å². The number of rotatable bonds is 7. The molecule has 0 radical (unpaired) electrons. The van der Waals surface area contributed by atoms with Crippen LogP contribution in [0.25, 0.3) is 10.6 Å². The van der Waals surface area contributed by atoms with Gasteiger partial charge in [-0.05, 0) is 44.9 Å². The third-order valence-corrected chi connectivity index (χ3v) is 5.18. The van der Waals surface area contributed by atoms with E-state index in [0.29, 0.717) is 5.92 Å². The van der Waals surface area contributed by atoms with Crippen LogP contribution in [0.15, 0.2) is 24.5 Å². The van der Waals surface area contributed by atoms with Crippen LogP contribution in [-0.2, 0) is 0 Å². The first kappa shape index (κ1) is 17.1. The smallest absolute Gasteiger partial charge is 0.125 e. The Balaban J connectivity index is 1.99. The number of aromatic nitrogens is 2. The van der Waals surface area contributed by atoms with E-state index in [-0.39, 0.29) is 12.1 Å². The zero-order chi connectivity index (χ0) is 16.1. The highest BCUT2D eigenvalue weighted by Crippen LogP contribution is 2.31. The Morgan fingerprint density at radius 3 is 2.73 bits per heavy atom. The van der Waals surface area contributed by atoms with Gasteiger partial charge < -0.3 is 10.4 Å². The zero-order valence-corrected chi connectivity index (χ0v) is 14.5. The maximum atomic E-state index is 9.86. The monoisotopic (exact) mass is 319 g/mol. The molecule has 120 valence electrons. The molecule has 0 aliphatic carbocycles. The number of thiazole rings is 1. The zero-order valence-electron chi connectivity index (χ0n) is 13.7. The molecule has 22 heavy (non-hydrogen) atoms. The first-order valence-electron chi connectivity index (χ1n) is 7.78. The van der Waals surface area contributed by atoms with Crippen LogP contribution in [0.1, 0.15) is 43.8 Å². The van der Waals surface area contributed by atoms with Gasteiger partial charge in [0.1, 0.15) is 5.01 Å². The summed E-state index contributed by atoms with van der Waals surface area (Å²) in [6.07, 6.45) is 4.15. The van der Waals surface area contributed by atoms with E-state index in [9.17, 15) is 5.11 Å². The largest absolute Gasteiger partial charge is 0.393 e. The second-order valence-electron chi connectivity index (χ2n) is 5.99. The molecule has 2 aromatic rings. The molecular weight excluding hydrogens is 294 g/mol. The van der Waals surface area contributed by atoms with Crippen molar-refractivity contribution >= 4 is 11.3 Å². The minimum Gasteiger partial charge on any atom is -0.393 e. The van der Waals surface area contributed by atoms with Crippen LogP contribution in [0.3, 0.4) is 0 Å². The maximum Gasteiger partial charge on any atom is 0.125 e. The molecule has 2 aromatic heterocycles. The maximum absolute atomic E-state index is 9.86. The summed E-state index contributed by atoms with van der Waals surface area (Å²) in [5.74, 6) is 0.305. The fourth-order valence-corrected chi connectivity index (χ4v) is 3.38. The molecular formula is C17H25N3OS. The Bertz CT molecular complexity index is 583. The van der Waals surface area contributed by atoms with Crippen molar-refractivity contribution < 1.29 is 5.11 Å². The molecule has 4 nitrogen and oxygen atoms in total. The highest BCUT2D eigenvalue weighted by atomic mass is 32.1. The van der Waals surface area contributed by atoms with Crippen LogP contribution in [0.2, 0.25) is 0 Å². The minimum absolute atomic E-state index is 0.238. The Morgan fingerprint density at radius 2 is 2.09 bits per heavy atom. The fraction of sp³-hybridized carbons (Fsp3) is 0.529. The van der Waals surface area contributed by atoms with Gasteiger partial charge in [-0.1, -0.05) is 13.8 Å². The number of nitrogens with zero attached hydrogens (tertiary/aromatic N) is 2. The highest BCUT2D eigenvalue weighted by molar-refractivity contribution is 7.15. The number of hydrogen-bond acceptors (Lipinski definition) is 5. The number of hydrogen-bond donors (Lipinski definition) is 2. The van der Waals surface area contributed by atoms with E-state index in [2.05, 4.69) is 22.2 Å². The summed E-state index contributed by atoms with van der Waals surface area (Å²) in [4.78, 5) is 10.1. The van der Waals surface area contributed by atoms with E-state index in [4.69, 9.17) is 0 Å². The van der Waals surface area contributed by atoms with Gasteiger partial charge in [0.05, 0.1) is 11.8 Å². The molecule has 0 bridgehead atoms. The molecule has 0 spiro atoms. The predicted octanol–water partition coefficient (Wildman–Crippen LogP) is 3.57. The molecule has 0 aliphatic heterocycles. The van der Waals surface area contributed by atoms with E-state index in [1.54, 1.807) is 17.5 Å². The SMILES string of the molecule is Cc1nc(-c2cccnc2)sc1C(C)NCCC(O)C(C)C. The summed E-state index contributed by atoms with van der Waals surface area (Å²) < 4.78 is 0. The summed E-state index contributed by atoms with van der Waals surface area (Å²) in [6.45, 7) is 9.09. The van der Waals surface area contributed by atoms with Crippen LogP contribution in [0.4, 0.5) is 0 Å². The summed E-state index contributed by atoms with van der Waals surface area (Å²) >= 11 is 1.71. The van der Waals surface area contributed by atoms with Gasteiger partial charge in [0.2, 0.25) is 0 Å². The lowest BCUT2D eigenvalue weighted by atomic mass is 10.0. The van der Waals surface area contributed by atoms with E-state index >= 15 is 0 Å². The molecule has 0 aliphatic rings. The van der Waals surface area contributed by atoms with Crippen molar-refractivity contribution in [2.75, 3.05) is 6.54 Å².